The maximum Gasteiger partial charge on any atom is 0.411 e. The van der Waals surface area contributed by atoms with Gasteiger partial charge >= 0.3 is 6.09 Å². The minimum atomic E-state index is -1.22. The molecule has 1 saturated heterocycles. The monoisotopic (exact) mass is 382 g/mol. The van der Waals surface area contributed by atoms with Gasteiger partial charge in [0.15, 0.2) is 0 Å². The maximum atomic E-state index is 13.9. The van der Waals surface area contributed by atoms with Gasteiger partial charge in [-0.25, -0.2) is 9.18 Å². The molecule has 0 spiro atoms. The summed E-state index contributed by atoms with van der Waals surface area (Å²) in [6.07, 6.45) is -1.04. The van der Waals surface area contributed by atoms with Gasteiger partial charge in [-0.1, -0.05) is 23.7 Å². The number of nitrogens with one attached hydrogen (secondary N) is 1. The van der Waals surface area contributed by atoms with E-state index in [0.717, 1.165) is 12.0 Å². The first-order valence-electron chi connectivity index (χ1n) is 8.83. The Kier molecular flexibility index (Phi) is 5.15. The van der Waals surface area contributed by atoms with E-state index in [1.54, 1.807) is 20.8 Å². The fourth-order valence-electron chi connectivity index (χ4n) is 3.27. The molecule has 1 heterocycles. The van der Waals surface area contributed by atoms with Gasteiger partial charge in [0.05, 0.1) is 6.54 Å². The van der Waals surface area contributed by atoms with Gasteiger partial charge in [-0.15, -0.1) is 0 Å². The van der Waals surface area contributed by atoms with Gasteiger partial charge in [0.1, 0.15) is 17.8 Å². The lowest BCUT2D eigenvalue weighted by Crippen LogP contribution is -2.48. The van der Waals surface area contributed by atoms with E-state index >= 15 is 0 Å². The number of carbonyl (C=O) groups is 2. The Morgan fingerprint density at radius 3 is 2.50 bits per heavy atom. The highest BCUT2D eigenvalue weighted by Crippen LogP contribution is 2.41. The van der Waals surface area contributed by atoms with Crippen LogP contribution in [-0.2, 0) is 9.53 Å². The zero-order chi connectivity index (χ0) is 19.1. The molecule has 5 nitrogen and oxygen atoms in total. The number of amides is 2. The molecule has 0 bridgehead atoms. The molecule has 3 rings (SSSR count). The van der Waals surface area contributed by atoms with Crippen molar-refractivity contribution in [3.63, 3.8) is 0 Å². The van der Waals surface area contributed by atoms with Crippen LogP contribution in [0.15, 0.2) is 24.3 Å². The van der Waals surface area contributed by atoms with E-state index in [0.29, 0.717) is 5.02 Å². The Balaban J connectivity index is 1.60. The highest BCUT2D eigenvalue weighted by molar-refractivity contribution is 6.30. The van der Waals surface area contributed by atoms with Crippen LogP contribution in [0.4, 0.5) is 9.18 Å². The SMILES string of the molecule is CC(C)(C)OC(=O)N1C[C@H](F)C[C@H]1C(=O)NC1CC1c1ccc(Cl)cc1. The number of halogens is 2. The molecule has 1 aliphatic carbocycles. The molecule has 2 fully saturated rings. The van der Waals surface area contributed by atoms with Crippen LogP contribution in [0.5, 0.6) is 0 Å². The second-order valence-electron chi connectivity index (χ2n) is 7.99. The van der Waals surface area contributed by atoms with E-state index in [1.807, 2.05) is 24.3 Å². The molecule has 142 valence electrons. The average Bonchev–Trinajstić information content (AvgIpc) is 3.17. The number of alkyl halides is 1. The highest BCUT2D eigenvalue weighted by Gasteiger charge is 2.45. The molecule has 7 heteroatoms. The lowest BCUT2D eigenvalue weighted by molar-refractivity contribution is -0.125. The predicted octanol–water partition coefficient (Wildman–Crippen LogP) is 3.66. The van der Waals surface area contributed by atoms with Crippen LogP contribution in [0.1, 0.15) is 45.1 Å². The van der Waals surface area contributed by atoms with Crippen molar-refractivity contribution < 1.29 is 18.7 Å². The third-order valence-electron chi connectivity index (χ3n) is 4.60. The Morgan fingerprint density at radius 1 is 1.23 bits per heavy atom. The first-order chi connectivity index (χ1) is 12.1. The number of hydrogen-bond acceptors (Lipinski definition) is 3. The van der Waals surface area contributed by atoms with Crippen LogP contribution in [0.25, 0.3) is 0 Å². The molecule has 4 atom stereocenters. The van der Waals surface area contributed by atoms with Crippen molar-refractivity contribution in [3.05, 3.63) is 34.9 Å². The van der Waals surface area contributed by atoms with E-state index in [9.17, 15) is 14.0 Å². The minimum absolute atomic E-state index is 0.00261. The zero-order valence-electron chi connectivity index (χ0n) is 15.2. The summed E-state index contributed by atoms with van der Waals surface area (Å²) < 4.78 is 19.2. The van der Waals surface area contributed by atoms with E-state index in [-0.39, 0.29) is 30.8 Å². The molecule has 1 aromatic rings. The largest absolute Gasteiger partial charge is 0.444 e. The average molecular weight is 383 g/mol. The molecule has 0 aromatic heterocycles. The Labute approximate surface area is 157 Å². The van der Waals surface area contributed by atoms with Crippen molar-refractivity contribution in [2.45, 2.75) is 63.4 Å². The number of ether oxygens (including phenoxy) is 1. The van der Waals surface area contributed by atoms with Crippen molar-refractivity contribution in [2.24, 2.45) is 0 Å². The van der Waals surface area contributed by atoms with Crippen LogP contribution >= 0.6 is 11.6 Å². The Morgan fingerprint density at radius 2 is 1.88 bits per heavy atom. The van der Waals surface area contributed by atoms with Gasteiger partial charge in [-0.2, -0.15) is 0 Å². The first kappa shape index (κ1) is 19.0. The second-order valence-corrected chi connectivity index (χ2v) is 8.43. The molecule has 1 N–H and O–H groups in total. The van der Waals surface area contributed by atoms with Gasteiger partial charge in [0.25, 0.3) is 0 Å². The molecular formula is C19H24ClFN2O3. The second kappa shape index (κ2) is 7.06. The third kappa shape index (κ3) is 4.47. The molecule has 1 aromatic carbocycles. The van der Waals surface area contributed by atoms with Crippen molar-refractivity contribution in [2.75, 3.05) is 6.54 Å². The van der Waals surface area contributed by atoms with Gasteiger partial charge in [-0.05, 0) is 44.9 Å². The molecule has 2 aliphatic rings. The summed E-state index contributed by atoms with van der Waals surface area (Å²) in [6.45, 7) is 5.11. The predicted molar refractivity (Wildman–Crippen MR) is 97.0 cm³/mol. The number of benzene rings is 1. The molecular weight excluding hydrogens is 359 g/mol. The quantitative estimate of drug-likeness (QED) is 0.867. The van der Waals surface area contributed by atoms with Gasteiger partial charge in [0, 0.05) is 23.4 Å². The lowest BCUT2D eigenvalue weighted by Gasteiger charge is -2.27. The number of rotatable bonds is 3. The summed E-state index contributed by atoms with van der Waals surface area (Å²) in [7, 11) is 0. The van der Waals surface area contributed by atoms with Crippen molar-refractivity contribution in [1.29, 1.82) is 0 Å². The summed E-state index contributed by atoms with van der Waals surface area (Å²) in [5, 5.41) is 3.61. The minimum Gasteiger partial charge on any atom is -0.444 e. The fraction of sp³-hybridized carbons (Fsp3) is 0.579. The summed E-state index contributed by atoms with van der Waals surface area (Å²) in [6, 6.07) is 6.71. The fourth-order valence-corrected chi connectivity index (χ4v) is 3.39. The molecule has 2 unspecified atom stereocenters. The number of likely N-dealkylation sites (tertiary alicyclic amines) is 1. The topological polar surface area (TPSA) is 58.6 Å². The first-order valence-corrected chi connectivity index (χ1v) is 9.21. The molecule has 2 amide bonds. The van der Waals surface area contributed by atoms with Crippen LogP contribution in [0.3, 0.4) is 0 Å². The van der Waals surface area contributed by atoms with Crippen molar-refractivity contribution >= 4 is 23.6 Å². The summed E-state index contributed by atoms with van der Waals surface area (Å²) in [4.78, 5) is 26.1. The summed E-state index contributed by atoms with van der Waals surface area (Å²) >= 11 is 5.89. The van der Waals surface area contributed by atoms with E-state index < -0.39 is 23.9 Å². The van der Waals surface area contributed by atoms with Crippen LogP contribution in [0, 0.1) is 0 Å². The lowest BCUT2D eigenvalue weighted by atomic mass is 10.1. The van der Waals surface area contributed by atoms with Crippen molar-refractivity contribution in [1.82, 2.24) is 10.2 Å². The van der Waals surface area contributed by atoms with Gasteiger partial charge < -0.3 is 10.1 Å². The van der Waals surface area contributed by atoms with Crippen molar-refractivity contribution in [3.8, 4) is 0 Å². The Hall–Kier alpha value is -1.82. The molecule has 1 aliphatic heterocycles. The highest BCUT2D eigenvalue weighted by atomic mass is 35.5. The third-order valence-corrected chi connectivity index (χ3v) is 4.85. The maximum absolute atomic E-state index is 13.9. The molecule has 0 radical (unpaired) electrons. The number of carbonyl (C=O) groups excluding carboxylic acids is 2. The molecule has 1 saturated carbocycles. The van der Waals surface area contributed by atoms with Crippen LogP contribution in [-0.4, -0.2) is 47.3 Å². The van der Waals surface area contributed by atoms with E-state index in [2.05, 4.69) is 5.32 Å². The number of hydrogen-bond donors (Lipinski definition) is 1. The standard InChI is InChI=1S/C19H24ClFN2O3/c1-19(2,3)26-18(25)23-10-13(21)8-16(23)17(24)22-15-9-14(15)11-4-6-12(20)7-5-11/h4-7,13-16H,8-10H2,1-3H3,(H,22,24)/t13-,14?,15?,16+/m1/s1. The van der Waals surface area contributed by atoms with E-state index in [1.165, 1.54) is 4.90 Å². The Bertz CT molecular complexity index is 689. The van der Waals surface area contributed by atoms with Gasteiger partial charge in [-0.3, -0.25) is 9.69 Å². The van der Waals surface area contributed by atoms with Gasteiger partial charge in [0.2, 0.25) is 5.91 Å². The number of nitrogens with zero attached hydrogens (tertiary/aromatic N) is 1. The summed E-state index contributed by atoms with van der Waals surface area (Å²) in [5.74, 6) is -0.0914. The molecule has 26 heavy (non-hydrogen) atoms. The van der Waals surface area contributed by atoms with E-state index in [4.69, 9.17) is 16.3 Å². The normalized spacial score (nSPS) is 28.0. The zero-order valence-corrected chi connectivity index (χ0v) is 15.9. The van der Waals surface area contributed by atoms with Crippen LogP contribution in [0.2, 0.25) is 5.02 Å². The summed E-state index contributed by atoms with van der Waals surface area (Å²) in [5.41, 5.74) is 0.418. The smallest absolute Gasteiger partial charge is 0.411 e. The van der Waals surface area contributed by atoms with Crippen LogP contribution < -0.4 is 5.32 Å².